The van der Waals surface area contributed by atoms with Gasteiger partial charge in [-0.25, -0.2) is 4.79 Å². The van der Waals surface area contributed by atoms with Crippen molar-refractivity contribution in [2.45, 2.75) is 52.3 Å². The van der Waals surface area contributed by atoms with E-state index in [9.17, 15) is 9.59 Å². The average molecular weight is 550 g/mol. The summed E-state index contributed by atoms with van der Waals surface area (Å²) in [6, 6.07) is 10.6. The molecule has 3 aromatic rings. The molecular formula is C30H39N5O5. The van der Waals surface area contributed by atoms with Crippen LogP contribution in [-0.2, 0) is 22.5 Å². The molecule has 1 unspecified atom stereocenters. The molecule has 0 radical (unpaired) electrons. The topological polar surface area (TPSA) is 109 Å². The van der Waals surface area contributed by atoms with E-state index < -0.39 is 17.7 Å². The Bertz CT molecular complexity index is 1320. The second kappa shape index (κ2) is 12.4. The summed E-state index contributed by atoms with van der Waals surface area (Å²) in [6.07, 6.45) is 3.31. The van der Waals surface area contributed by atoms with Gasteiger partial charge in [-0.05, 0) is 82.7 Å². The van der Waals surface area contributed by atoms with Crippen LogP contribution in [0.25, 0.3) is 11.1 Å². The predicted octanol–water partition coefficient (Wildman–Crippen LogP) is 4.72. The fourth-order valence-corrected chi connectivity index (χ4v) is 4.45. The molecule has 10 nitrogen and oxygen atoms in total. The molecule has 0 bridgehead atoms. The van der Waals surface area contributed by atoms with Gasteiger partial charge in [-0.3, -0.25) is 14.8 Å². The number of likely N-dealkylation sites (N-methyl/N-ethyl adjacent to an activating group) is 1. The Kier molecular flexibility index (Phi) is 8.99. The van der Waals surface area contributed by atoms with E-state index in [2.05, 4.69) is 15.5 Å². The summed E-state index contributed by atoms with van der Waals surface area (Å²) in [7, 11) is 3.94. The highest BCUT2D eigenvalue weighted by atomic mass is 16.6. The summed E-state index contributed by atoms with van der Waals surface area (Å²) >= 11 is 0. The first-order chi connectivity index (χ1) is 19.0. The lowest BCUT2D eigenvalue weighted by Gasteiger charge is -2.37. The van der Waals surface area contributed by atoms with E-state index in [1.54, 1.807) is 12.4 Å². The van der Waals surface area contributed by atoms with Crippen LogP contribution < -0.4 is 14.8 Å². The zero-order valence-electron chi connectivity index (χ0n) is 24.1. The number of rotatable bonds is 9. The van der Waals surface area contributed by atoms with Crippen molar-refractivity contribution >= 4 is 17.7 Å². The largest absolute Gasteiger partial charge is 0.494 e. The first-order valence-corrected chi connectivity index (χ1v) is 13.5. The van der Waals surface area contributed by atoms with E-state index in [-0.39, 0.29) is 12.5 Å². The first-order valence-electron chi connectivity index (χ1n) is 13.5. The number of aromatic amines is 1. The van der Waals surface area contributed by atoms with Gasteiger partial charge in [-0.2, -0.15) is 5.10 Å². The number of ether oxygens (including phenoxy) is 3. The number of nitrogens with one attached hydrogen (secondary N) is 2. The minimum absolute atomic E-state index is 0.250. The van der Waals surface area contributed by atoms with E-state index in [1.165, 1.54) is 4.90 Å². The molecule has 0 aliphatic carbocycles. The number of hydrogen-bond acceptors (Lipinski definition) is 7. The van der Waals surface area contributed by atoms with Gasteiger partial charge in [0.15, 0.2) is 0 Å². The van der Waals surface area contributed by atoms with Crippen LogP contribution in [0.2, 0.25) is 0 Å². The monoisotopic (exact) mass is 549 g/mol. The number of anilines is 1. The van der Waals surface area contributed by atoms with Gasteiger partial charge in [-0.15, -0.1) is 0 Å². The van der Waals surface area contributed by atoms with Gasteiger partial charge in [0, 0.05) is 24.7 Å². The van der Waals surface area contributed by atoms with Crippen LogP contribution in [0.1, 0.15) is 38.8 Å². The van der Waals surface area contributed by atoms with Crippen molar-refractivity contribution in [2.75, 3.05) is 39.2 Å². The van der Waals surface area contributed by atoms with Gasteiger partial charge in [-0.1, -0.05) is 12.1 Å². The Labute approximate surface area is 235 Å². The molecular weight excluding hydrogens is 510 g/mol. The molecule has 1 aliphatic rings. The van der Waals surface area contributed by atoms with Gasteiger partial charge in [0.1, 0.15) is 29.7 Å². The quantitative estimate of drug-likeness (QED) is 0.398. The second-order valence-corrected chi connectivity index (χ2v) is 11.0. The third-order valence-electron chi connectivity index (χ3n) is 6.42. The molecule has 0 fully saturated rings. The van der Waals surface area contributed by atoms with Gasteiger partial charge in [0.2, 0.25) is 5.91 Å². The molecule has 40 heavy (non-hydrogen) atoms. The molecule has 1 aromatic heterocycles. The van der Waals surface area contributed by atoms with Crippen LogP contribution in [-0.4, -0.2) is 77.5 Å². The maximum absolute atomic E-state index is 13.8. The number of aromatic nitrogens is 2. The zero-order chi connectivity index (χ0) is 28.9. The smallest absolute Gasteiger partial charge is 0.411 e. The lowest BCUT2D eigenvalue weighted by molar-refractivity contribution is -0.121. The predicted molar refractivity (Wildman–Crippen MR) is 154 cm³/mol. The van der Waals surface area contributed by atoms with Crippen LogP contribution >= 0.6 is 0 Å². The number of H-pyrrole nitrogens is 1. The SMILES string of the molecule is CCOc1ccc2c(c1)CC(C(=O)Nc1ccc(-c3cn[nH]c3)cc1OCCN(C)C)N(C(=O)OC(C)(C)C)C2. The van der Waals surface area contributed by atoms with Crippen LogP contribution in [0.15, 0.2) is 48.8 Å². The normalized spacial score (nSPS) is 15.0. The molecule has 2 N–H and O–H groups in total. The zero-order valence-corrected chi connectivity index (χ0v) is 24.1. The molecule has 2 amide bonds. The lowest BCUT2D eigenvalue weighted by atomic mass is 9.93. The van der Waals surface area contributed by atoms with Crippen molar-refractivity contribution in [3.05, 3.63) is 59.9 Å². The third kappa shape index (κ3) is 7.32. The van der Waals surface area contributed by atoms with Crippen LogP contribution in [0, 0.1) is 0 Å². The summed E-state index contributed by atoms with van der Waals surface area (Å²) in [5.74, 6) is 0.942. The first kappa shape index (κ1) is 28.9. The van der Waals surface area contributed by atoms with Gasteiger partial charge in [0.25, 0.3) is 0 Å². The summed E-state index contributed by atoms with van der Waals surface area (Å²) in [4.78, 5) is 30.6. The van der Waals surface area contributed by atoms with Gasteiger partial charge >= 0.3 is 6.09 Å². The molecule has 0 spiro atoms. The van der Waals surface area contributed by atoms with E-state index in [0.717, 1.165) is 28.0 Å². The van der Waals surface area contributed by atoms with Crippen molar-refractivity contribution in [1.82, 2.24) is 20.0 Å². The van der Waals surface area contributed by atoms with Crippen molar-refractivity contribution in [3.63, 3.8) is 0 Å². The molecule has 1 aliphatic heterocycles. The minimum atomic E-state index is -0.789. The number of carbonyl (C=O) groups excluding carboxylic acids is 2. The van der Waals surface area contributed by atoms with Crippen molar-refractivity contribution < 1.29 is 23.8 Å². The highest BCUT2D eigenvalue weighted by Crippen LogP contribution is 2.33. The summed E-state index contributed by atoms with van der Waals surface area (Å²) in [5.41, 5.74) is 3.54. The molecule has 4 rings (SSSR count). The Hall–Kier alpha value is -4.05. The van der Waals surface area contributed by atoms with Gasteiger partial charge < -0.3 is 24.4 Å². The molecule has 2 aromatic carbocycles. The van der Waals surface area contributed by atoms with E-state index in [1.807, 2.05) is 83.1 Å². The second-order valence-electron chi connectivity index (χ2n) is 11.0. The standard InChI is InChI=1S/C30H39N5O5/c1-7-38-24-10-8-21-19-35(29(37)40-30(2,3)4)26(15-22(21)14-24)28(36)33-25-11-9-20(23-17-31-32-18-23)16-27(25)39-13-12-34(5)6/h8-11,14,16-18,26H,7,12-13,15,19H2,1-6H3,(H,31,32)(H,33,36). The number of nitrogens with zero attached hydrogens (tertiary/aromatic N) is 3. The van der Waals surface area contributed by atoms with Crippen molar-refractivity contribution in [2.24, 2.45) is 0 Å². The Morgan fingerprint density at radius 1 is 1.10 bits per heavy atom. The molecule has 0 saturated heterocycles. The Balaban J connectivity index is 1.63. The highest BCUT2D eigenvalue weighted by molar-refractivity contribution is 5.98. The molecule has 1 atom stereocenters. The maximum atomic E-state index is 13.8. The van der Waals surface area contributed by atoms with Gasteiger partial charge in [0.05, 0.1) is 25.0 Å². The average Bonchev–Trinajstić information content (AvgIpc) is 3.43. The third-order valence-corrected chi connectivity index (χ3v) is 6.42. The van der Waals surface area contributed by atoms with E-state index in [0.29, 0.717) is 37.6 Å². The van der Waals surface area contributed by atoms with E-state index in [4.69, 9.17) is 14.2 Å². The fourth-order valence-electron chi connectivity index (χ4n) is 4.45. The summed E-state index contributed by atoms with van der Waals surface area (Å²) in [6.45, 7) is 9.29. The molecule has 2 heterocycles. The number of benzene rings is 2. The number of amides is 2. The van der Waals surface area contributed by atoms with Crippen LogP contribution in [0.4, 0.5) is 10.5 Å². The van der Waals surface area contributed by atoms with Crippen molar-refractivity contribution in [3.8, 4) is 22.6 Å². The van der Waals surface area contributed by atoms with Crippen LogP contribution in [0.5, 0.6) is 11.5 Å². The molecule has 214 valence electrons. The van der Waals surface area contributed by atoms with Crippen molar-refractivity contribution in [1.29, 1.82) is 0 Å². The summed E-state index contributed by atoms with van der Waals surface area (Å²) < 4.78 is 17.5. The molecule has 0 saturated carbocycles. The number of carbonyl (C=O) groups is 2. The Morgan fingerprint density at radius 2 is 1.90 bits per heavy atom. The minimum Gasteiger partial charge on any atom is -0.494 e. The number of fused-ring (bicyclic) bond motifs is 1. The highest BCUT2D eigenvalue weighted by Gasteiger charge is 2.37. The fraction of sp³-hybridized carbons (Fsp3) is 0.433. The van der Waals surface area contributed by atoms with Crippen LogP contribution in [0.3, 0.4) is 0 Å². The molecule has 10 heteroatoms. The lowest BCUT2D eigenvalue weighted by Crippen LogP contribution is -2.52. The number of hydrogen-bond donors (Lipinski definition) is 2. The van der Waals surface area contributed by atoms with E-state index >= 15 is 0 Å². The maximum Gasteiger partial charge on any atom is 0.411 e. The summed E-state index contributed by atoms with van der Waals surface area (Å²) in [5, 5.41) is 9.88. The Morgan fingerprint density at radius 3 is 2.58 bits per heavy atom.